The third-order valence-corrected chi connectivity index (χ3v) is 5.79. The minimum atomic E-state index is -4.69. The minimum absolute atomic E-state index is 0.00699. The summed E-state index contributed by atoms with van der Waals surface area (Å²) in [6.07, 6.45) is -0.708. The highest BCUT2D eigenvalue weighted by Crippen LogP contribution is 2.37. The van der Waals surface area contributed by atoms with Gasteiger partial charge in [0.05, 0.1) is 0 Å². The van der Waals surface area contributed by atoms with Crippen LogP contribution in [0.2, 0.25) is 0 Å². The zero-order valence-corrected chi connectivity index (χ0v) is 16.1. The Hall–Kier alpha value is -2.42. The van der Waals surface area contributed by atoms with E-state index in [0.29, 0.717) is 11.1 Å². The van der Waals surface area contributed by atoms with Crippen molar-refractivity contribution in [1.29, 1.82) is 0 Å². The lowest BCUT2D eigenvalue weighted by atomic mass is 10.0. The second-order valence-corrected chi connectivity index (χ2v) is 8.04. The van der Waals surface area contributed by atoms with E-state index in [0.717, 1.165) is 31.5 Å². The van der Waals surface area contributed by atoms with E-state index in [2.05, 4.69) is 24.9 Å². The fourth-order valence-corrected chi connectivity index (χ4v) is 4.45. The van der Waals surface area contributed by atoms with E-state index >= 15 is 0 Å². The van der Waals surface area contributed by atoms with Gasteiger partial charge in [0.1, 0.15) is 0 Å². The number of likely N-dealkylation sites (tertiary alicyclic amines) is 1. The van der Waals surface area contributed by atoms with Gasteiger partial charge < -0.3 is 14.7 Å². The highest BCUT2D eigenvalue weighted by molar-refractivity contribution is 5.94. The van der Waals surface area contributed by atoms with Crippen molar-refractivity contribution < 1.29 is 22.5 Å². The molecule has 3 unspecified atom stereocenters. The number of alkyl halides is 3. The molecule has 1 aromatic heterocycles. The van der Waals surface area contributed by atoms with E-state index in [1.165, 1.54) is 31.4 Å². The van der Waals surface area contributed by atoms with Gasteiger partial charge in [-0.3, -0.25) is 4.79 Å². The molecule has 4 rings (SSSR count). The molecule has 0 bridgehead atoms. The fourth-order valence-electron chi connectivity index (χ4n) is 4.45. The van der Waals surface area contributed by atoms with Gasteiger partial charge in [0, 0.05) is 36.8 Å². The van der Waals surface area contributed by atoms with Crippen molar-refractivity contribution in [3.63, 3.8) is 0 Å². The van der Waals surface area contributed by atoms with E-state index in [4.69, 9.17) is 0 Å². The van der Waals surface area contributed by atoms with Crippen LogP contribution in [0.4, 0.5) is 13.2 Å². The molecule has 9 heteroatoms. The molecule has 29 heavy (non-hydrogen) atoms. The molecule has 3 atom stereocenters. The number of hydrogen-bond acceptors (Lipinski definition) is 5. The molecule has 6 nitrogen and oxygen atoms in total. The average Bonchev–Trinajstić information content (AvgIpc) is 3.37. The Labute approximate surface area is 166 Å². The van der Waals surface area contributed by atoms with Crippen LogP contribution in [0, 0.1) is 11.8 Å². The highest BCUT2D eigenvalue weighted by Gasteiger charge is 2.38. The number of halogens is 3. The van der Waals surface area contributed by atoms with Crippen molar-refractivity contribution in [3.05, 3.63) is 35.7 Å². The van der Waals surface area contributed by atoms with Gasteiger partial charge in [0.2, 0.25) is 5.82 Å². The topological polar surface area (TPSA) is 71.3 Å². The summed E-state index contributed by atoms with van der Waals surface area (Å²) in [7, 11) is 0. The maximum absolute atomic E-state index is 12.6. The molecule has 1 saturated heterocycles. The summed E-state index contributed by atoms with van der Waals surface area (Å²) in [6.45, 7) is 5.03. The summed E-state index contributed by atoms with van der Waals surface area (Å²) < 4.78 is 41.9. The van der Waals surface area contributed by atoms with Crippen LogP contribution >= 0.6 is 0 Å². The molecule has 1 amide bonds. The number of aromatic nitrogens is 2. The zero-order chi connectivity index (χ0) is 20.6. The Balaban J connectivity index is 1.32. The van der Waals surface area contributed by atoms with Crippen molar-refractivity contribution >= 4 is 5.91 Å². The number of rotatable bonds is 5. The van der Waals surface area contributed by atoms with Crippen LogP contribution in [0.5, 0.6) is 0 Å². The SMILES string of the molecule is CC(CN1CC2CCCC2C1)NC(=O)c1ccc(-c2noc(C(F)(F)F)n2)cc1. The molecule has 2 aliphatic rings. The van der Waals surface area contributed by atoms with Crippen LogP contribution in [-0.4, -0.2) is 46.6 Å². The Morgan fingerprint density at radius 3 is 2.48 bits per heavy atom. The third kappa shape index (κ3) is 4.44. The predicted molar refractivity (Wildman–Crippen MR) is 98.9 cm³/mol. The lowest BCUT2D eigenvalue weighted by Crippen LogP contribution is -2.41. The molecule has 2 fully saturated rings. The predicted octanol–water partition coefficient (Wildman–Crippen LogP) is 3.61. The van der Waals surface area contributed by atoms with Crippen LogP contribution in [0.1, 0.15) is 42.4 Å². The second kappa shape index (κ2) is 7.78. The first-order valence-corrected chi connectivity index (χ1v) is 9.84. The normalized spacial score (nSPS) is 23.2. The molecule has 1 N–H and O–H groups in total. The molecule has 1 aromatic carbocycles. The molecule has 2 aromatic rings. The van der Waals surface area contributed by atoms with Gasteiger partial charge in [-0.2, -0.15) is 18.2 Å². The molecule has 156 valence electrons. The lowest BCUT2D eigenvalue weighted by Gasteiger charge is -2.22. The number of hydrogen-bond donors (Lipinski definition) is 1. The van der Waals surface area contributed by atoms with E-state index < -0.39 is 12.1 Å². The Morgan fingerprint density at radius 2 is 1.90 bits per heavy atom. The fraction of sp³-hybridized carbons (Fsp3) is 0.550. The van der Waals surface area contributed by atoms with Crippen molar-refractivity contribution in [2.24, 2.45) is 11.8 Å². The minimum Gasteiger partial charge on any atom is -0.348 e. The summed E-state index contributed by atoms with van der Waals surface area (Å²) in [5.41, 5.74) is 0.774. The summed E-state index contributed by atoms with van der Waals surface area (Å²) >= 11 is 0. The first kappa shape index (κ1) is 19.9. The third-order valence-electron chi connectivity index (χ3n) is 5.79. The smallest absolute Gasteiger partial charge is 0.348 e. The number of nitrogens with one attached hydrogen (secondary N) is 1. The van der Waals surface area contributed by atoms with Gasteiger partial charge in [-0.15, -0.1) is 0 Å². The quantitative estimate of drug-likeness (QED) is 0.819. The average molecular weight is 408 g/mol. The molecule has 2 heterocycles. The van der Waals surface area contributed by atoms with Crippen molar-refractivity contribution in [3.8, 4) is 11.4 Å². The standard InChI is InChI=1S/C20H23F3N4O2/c1-12(9-27-10-15-3-2-4-16(15)11-27)24-18(28)14-7-5-13(6-8-14)17-25-19(29-26-17)20(21,22)23/h5-8,12,15-16H,2-4,9-11H2,1H3,(H,24,28). The van der Waals surface area contributed by atoms with Crippen molar-refractivity contribution in [2.45, 2.75) is 38.4 Å². The van der Waals surface area contributed by atoms with E-state index in [1.54, 1.807) is 12.1 Å². The molecule has 0 spiro atoms. The molecule has 1 aliphatic heterocycles. The van der Waals surface area contributed by atoms with Crippen LogP contribution in [0.3, 0.4) is 0 Å². The number of carbonyl (C=O) groups is 1. The number of fused-ring (bicyclic) bond motifs is 1. The number of nitrogens with zero attached hydrogens (tertiary/aromatic N) is 3. The molecule has 1 saturated carbocycles. The van der Waals surface area contributed by atoms with Crippen LogP contribution in [0.25, 0.3) is 11.4 Å². The maximum atomic E-state index is 12.6. The van der Waals surface area contributed by atoms with Crippen LogP contribution in [-0.2, 0) is 6.18 Å². The largest absolute Gasteiger partial charge is 0.471 e. The van der Waals surface area contributed by atoms with Gasteiger partial charge in [-0.25, -0.2) is 0 Å². The van der Waals surface area contributed by atoms with Gasteiger partial charge in [-0.05, 0) is 43.7 Å². The lowest BCUT2D eigenvalue weighted by molar-refractivity contribution is -0.159. The molecule has 0 radical (unpaired) electrons. The summed E-state index contributed by atoms with van der Waals surface area (Å²) in [6, 6.07) is 6.11. The Bertz CT molecular complexity index is 853. The van der Waals surface area contributed by atoms with E-state index in [9.17, 15) is 18.0 Å². The first-order valence-electron chi connectivity index (χ1n) is 9.84. The van der Waals surface area contributed by atoms with Gasteiger partial charge in [0.25, 0.3) is 5.91 Å². The molecule has 1 aliphatic carbocycles. The maximum Gasteiger partial charge on any atom is 0.471 e. The molecular weight excluding hydrogens is 385 g/mol. The van der Waals surface area contributed by atoms with Crippen molar-refractivity contribution in [1.82, 2.24) is 20.4 Å². The van der Waals surface area contributed by atoms with Gasteiger partial charge in [-0.1, -0.05) is 23.7 Å². The number of carbonyl (C=O) groups excluding carboxylic acids is 1. The van der Waals surface area contributed by atoms with Crippen LogP contribution < -0.4 is 5.32 Å². The summed E-state index contributed by atoms with van der Waals surface area (Å²) in [4.78, 5) is 18.3. The zero-order valence-electron chi connectivity index (χ0n) is 16.1. The second-order valence-electron chi connectivity index (χ2n) is 8.04. The van der Waals surface area contributed by atoms with Gasteiger partial charge in [0.15, 0.2) is 0 Å². The number of benzene rings is 1. The number of amides is 1. The monoisotopic (exact) mass is 408 g/mol. The van der Waals surface area contributed by atoms with Crippen molar-refractivity contribution in [2.75, 3.05) is 19.6 Å². The van der Waals surface area contributed by atoms with Crippen LogP contribution in [0.15, 0.2) is 28.8 Å². The van der Waals surface area contributed by atoms with E-state index in [1.807, 2.05) is 6.92 Å². The van der Waals surface area contributed by atoms with E-state index in [-0.39, 0.29) is 17.8 Å². The molecular formula is C20H23F3N4O2. The summed E-state index contributed by atoms with van der Waals surface area (Å²) in [5.74, 6) is -0.152. The Morgan fingerprint density at radius 1 is 1.24 bits per heavy atom. The summed E-state index contributed by atoms with van der Waals surface area (Å²) in [5, 5.41) is 6.34. The van der Waals surface area contributed by atoms with Gasteiger partial charge >= 0.3 is 12.1 Å². The Kier molecular flexibility index (Phi) is 5.33. The highest BCUT2D eigenvalue weighted by atomic mass is 19.4. The first-order chi connectivity index (χ1) is 13.8.